The van der Waals surface area contributed by atoms with Crippen molar-refractivity contribution in [1.29, 1.82) is 0 Å². The Morgan fingerprint density at radius 3 is 2.38 bits per heavy atom. The fourth-order valence-corrected chi connectivity index (χ4v) is 0.470. The van der Waals surface area contributed by atoms with Crippen LogP contribution in [0.25, 0.3) is 0 Å². The molecule has 0 radical (unpaired) electrons. The molecule has 0 aromatic rings. The van der Waals surface area contributed by atoms with Crippen molar-refractivity contribution in [1.82, 2.24) is 5.32 Å². The molecular formula is C6H9NO6. The second-order valence-corrected chi connectivity index (χ2v) is 1.98. The maximum absolute atomic E-state index is 10.6. The number of rotatable bonds is 4. The van der Waals surface area contributed by atoms with Crippen molar-refractivity contribution in [2.75, 3.05) is 13.2 Å². The van der Waals surface area contributed by atoms with E-state index < -0.39 is 24.4 Å². The summed E-state index contributed by atoms with van der Waals surface area (Å²) in [5, 5.41) is 18.0. The Morgan fingerprint density at radius 2 is 1.92 bits per heavy atom. The second kappa shape index (κ2) is 5.95. The SMILES string of the molecule is O=C(O)CC(=O)NC(=O)OCCO. The summed E-state index contributed by atoms with van der Waals surface area (Å²) >= 11 is 0. The molecule has 0 aromatic carbocycles. The zero-order valence-electron chi connectivity index (χ0n) is 6.65. The molecule has 2 amide bonds. The number of aliphatic carboxylic acids is 1. The van der Waals surface area contributed by atoms with Crippen molar-refractivity contribution in [2.24, 2.45) is 0 Å². The van der Waals surface area contributed by atoms with Crippen LogP contribution in [0.5, 0.6) is 0 Å². The fourth-order valence-electron chi connectivity index (χ4n) is 0.470. The lowest BCUT2D eigenvalue weighted by molar-refractivity contribution is -0.140. The zero-order valence-corrected chi connectivity index (χ0v) is 6.65. The molecule has 0 fully saturated rings. The van der Waals surface area contributed by atoms with Crippen LogP contribution in [-0.2, 0) is 14.3 Å². The van der Waals surface area contributed by atoms with Crippen LogP contribution in [0.4, 0.5) is 4.79 Å². The Bertz CT molecular complexity index is 213. The minimum absolute atomic E-state index is 0.244. The van der Waals surface area contributed by atoms with Gasteiger partial charge in [0.2, 0.25) is 5.91 Å². The minimum Gasteiger partial charge on any atom is -0.481 e. The summed E-state index contributed by atoms with van der Waals surface area (Å²) in [5.74, 6) is -2.30. The van der Waals surface area contributed by atoms with Gasteiger partial charge >= 0.3 is 12.1 Å². The average Bonchev–Trinajstić information content (AvgIpc) is 1.98. The van der Waals surface area contributed by atoms with Crippen molar-refractivity contribution in [3.05, 3.63) is 0 Å². The van der Waals surface area contributed by atoms with Crippen LogP contribution in [0.15, 0.2) is 0 Å². The maximum atomic E-state index is 10.6. The van der Waals surface area contributed by atoms with Gasteiger partial charge in [0.15, 0.2) is 0 Å². The lowest BCUT2D eigenvalue weighted by Gasteiger charge is -2.02. The molecule has 13 heavy (non-hydrogen) atoms. The number of imide groups is 1. The summed E-state index contributed by atoms with van der Waals surface area (Å²) in [7, 11) is 0. The number of ether oxygens (including phenoxy) is 1. The molecule has 0 heterocycles. The van der Waals surface area contributed by atoms with Gasteiger partial charge in [-0.2, -0.15) is 0 Å². The predicted molar refractivity (Wildman–Crippen MR) is 38.8 cm³/mol. The monoisotopic (exact) mass is 191 g/mol. The van der Waals surface area contributed by atoms with Gasteiger partial charge in [0.25, 0.3) is 0 Å². The number of aliphatic hydroxyl groups is 1. The third-order valence-electron chi connectivity index (χ3n) is 0.878. The van der Waals surface area contributed by atoms with Gasteiger partial charge in [0.1, 0.15) is 13.0 Å². The number of nitrogens with one attached hydrogen (secondary N) is 1. The summed E-state index contributed by atoms with van der Waals surface area (Å²) in [4.78, 5) is 31.1. The predicted octanol–water partition coefficient (Wildman–Crippen LogP) is -1.29. The van der Waals surface area contributed by atoms with Crippen LogP contribution in [0.3, 0.4) is 0 Å². The Labute approximate surface area is 73.3 Å². The first-order valence-electron chi connectivity index (χ1n) is 3.35. The molecule has 0 atom stereocenters. The second-order valence-electron chi connectivity index (χ2n) is 1.98. The zero-order chi connectivity index (χ0) is 10.3. The standard InChI is InChI=1S/C6H9NO6/c8-1-2-13-6(12)7-4(9)3-5(10)11/h8H,1-3H2,(H,10,11)(H,7,9,12). The first-order chi connectivity index (χ1) is 6.06. The van der Waals surface area contributed by atoms with Crippen molar-refractivity contribution >= 4 is 18.0 Å². The number of aliphatic hydroxyl groups excluding tert-OH is 1. The minimum atomic E-state index is -1.34. The number of carbonyl (C=O) groups excluding carboxylic acids is 2. The van der Waals surface area contributed by atoms with Crippen molar-refractivity contribution in [2.45, 2.75) is 6.42 Å². The van der Waals surface area contributed by atoms with Crippen LogP contribution in [-0.4, -0.2) is 41.4 Å². The van der Waals surface area contributed by atoms with Gasteiger partial charge in [-0.15, -0.1) is 0 Å². The first-order valence-corrected chi connectivity index (χ1v) is 3.35. The summed E-state index contributed by atoms with van der Waals surface area (Å²) in [6.07, 6.45) is -1.87. The maximum Gasteiger partial charge on any atom is 0.413 e. The number of carbonyl (C=O) groups is 3. The van der Waals surface area contributed by atoms with E-state index in [0.29, 0.717) is 0 Å². The van der Waals surface area contributed by atoms with E-state index in [0.717, 1.165) is 0 Å². The van der Waals surface area contributed by atoms with Crippen LogP contribution in [0, 0.1) is 0 Å². The van der Waals surface area contributed by atoms with Gasteiger partial charge < -0.3 is 14.9 Å². The van der Waals surface area contributed by atoms with Crippen LogP contribution < -0.4 is 5.32 Å². The van der Waals surface area contributed by atoms with Gasteiger partial charge in [-0.3, -0.25) is 14.9 Å². The molecule has 0 spiro atoms. The van der Waals surface area contributed by atoms with Gasteiger partial charge in [-0.1, -0.05) is 0 Å². The summed E-state index contributed by atoms with van der Waals surface area (Å²) < 4.78 is 4.23. The van der Waals surface area contributed by atoms with Gasteiger partial charge in [-0.05, 0) is 0 Å². The van der Waals surface area contributed by atoms with Gasteiger partial charge in [-0.25, -0.2) is 4.79 Å². The lowest BCUT2D eigenvalue weighted by atomic mass is 10.4. The topological polar surface area (TPSA) is 113 Å². The molecule has 0 aromatic heterocycles. The van der Waals surface area contributed by atoms with E-state index in [-0.39, 0.29) is 13.2 Å². The third kappa shape index (κ3) is 6.76. The average molecular weight is 191 g/mol. The van der Waals surface area contributed by atoms with E-state index in [2.05, 4.69) is 4.74 Å². The molecule has 0 aliphatic rings. The van der Waals surface area contributed by atoms with E-state index in [9.17, 15) is 14.4 Å². The first kappa shape index (κ1) is 11.4. The summed E-state index contributed by atoms with van der Waals surface area (Å²) in [5.41, 5.74) is 0. The highest BCUT2D eigenvalue weighted by Gasteiger charge is 2.11. The van der Waals surface area contributed by atoms with E-state index in [1.807, 2.05) is 0 Å². The number of hydrogen-bond donors (Lipinski definition) is 3. The molecule has 0 bridgehead atoms. The third-order valence-corrected chi connectivity index (χ3v) is 0.878. The highest BCUT2D eigenvalue weighted by atomic mass is 16.6. The molecule has 74 valence electrons. The molecule has 0 aliphatic carbocycles. The van der Waals surface area contributed by atoms with Crippen molar-refractivity contribution < 1.29 is 29.3 Å². The quantitative estimate of drug-likeness (QED) is 0.476. The van der Waals surface area contributed by atoms with Gasteiger partial charge in [0, 0.05) is 0 Å². The molecule has 3 N–H and O–H groups in total. The van der Waals surface area contributed by atoms with Crippen molar-refractivity contribution in [3.63, 3.8) is 0 Å². The number of amides is 2. The van der Waals surface area contributed by atoms with Crippen molar-refractivity contribution in [3.8, 4) is 0 Å². The molecular weight excluding hydrogens is 182 g/mol. The van der Waals surface area contributed by atoms with E-state index in [1.165, 1.54) is 0 Å². The number of hydrogen-bond acceptors (Lipinski definition) is 5. The van der Waals surface area contributed by atoms with E-state index in [1.54, 1.807) is 5.32 Å². The number of carboxylic acid groups (broad SMARTS) is 1. The van der Waals surface area contributed by atoms with E-state index in [4.69, 9.17) is 10.2 Å². The van der Waals surface area contributed by atoms with Crippen LogP contribution in [0.1, 0.15) is 6.42 Å². The summed E-state index contributed by atoms with van der Waals surface area (Å²) in [6, 6.07) is 0. The molecule has 0 saturated heterocycles. The largest absolute Gasteiger partial charge is 0.481 e. The Hall–Kier alpha value is -1.63. The smallest absolute Gasteiger partial charge is 0.413 e. The van der Waals surface area contributed by atoms with Crippen LogP contribution in [0.2, 0.25) is 0 Å². The highest BCUT2D eigenvalue weighted by molar-refractivity contribution is 6.00. The molecule has 0 unspecified atom stereocenters. The number of carboxylic acids is 1. The molecule has 0 saturated carbocycles. The molecule has 0 rings (SSSR count). The highest BCUT2D eigenvalue weighted by Crippen LogP contribution is 1.82. The molecule has 0 aliphatic heterocycles. The van der Waals surface area contributed by atoms with Gasteiger partial charge in [0.05, 0.1) is 6.61 Å². The normalized spacial score (nSPS) is 9.00. The summed E-state index contributed by atoms with van der Waals surface area (Å²) in [6.45, 7) is -0.604. The lowest BCUT2D eigenvalue weighted by Crippen LogP contribution is -2.32. The Kier molecular flexibility index (Phi) is 5.20. The Morgan fingerprint density at radius 1 is 1.31 bits per heavy atom. The van der Waals surface area contributed by atoms with E-state index >= 15 is 0 Å². The van der Waals surface area contributed by atoms with Crippen LogP contribution >= 0.6 is 0 Å². The molecule has 7 heteroatoms. The molecule has 7 nitrogen and oxygen atoms in total. The Balaban J connectivity index is 3.65. The fraction of sp³-hybridized carbons (Fsp3) is 0.500. The number of alkyl carbamates (subject to hydrolysis) is 1.